The van der Waals surface area contributed by atoms with E-state index in [2.05, 4.69) is 29.6 Å². The van der Waals surface area contributed by atoms with Crippen molar-refractivity contribution in [3.8, 4) is 0 Å². The molecule has 1 aromatic rings. The van der Waals surface area contributed by atoms with E-state index in [1.807, 2.05) is 13.1 Å². The van der Waals surface area contributed by atoms with Crippen LogP contribution in [0.3, 0.4) is 0 Å². The monoisotopic (exact) mass is 195 g/mol. The molecule has 0 saturated carbocycles. The fourth-order valence-corrected chi connectivity index (χ4v) is 1.81. The van der Waals surface area contributed by atoms with Crippen molar-refractivity contribution < 1.29 is 0 Å². The summed E-state index contributed by atoms with van der Waals surface area (Å²) in [6.45, 7) is 6.42. The molecule has 80 valence electrons. The molecule has 1 rings (SSSR count). The van der Waals surface area contributed by atoms with Crippen molar-refractivity contribution in [1.29, 1.82) is 0 Å². The van der Waals surface area contributed by atoms with Gasteiger partial charge in [-0.25, -0.2) is 4.98 Å². The van der Waals surface area contributed by atoms with E-state index in [1.165, 1.54) is 5.82 Å². The minimum Gasteiger partial charge on any atom is -0.332 e. The fourth-order valence-electron chi connectivity index (χ4n) is 1.81. The molecule has 2 unspecified atom stereocenters. The van der Waals surface area contributed by atoms with Crippen LogP contribution in [0.1, 0.15) is 45.5 Å². The highest BCUT2D eigenvalue weighted by Gasteiger charge is 2.10. The van der Waals surface area contributed by atoms with Crippen molar-refractivity contribution in [1.82, 2.24) is 9.55 Å². The molecular weight excluding hydrogens is 174 g/mol. The number of nitrogens with zero attached hydrogens (tertiary/aromatic N) is 2. The molecular formula is C11H21N3. The van der Waals surface area contributed by atoms with Crippen molar-refractivity contribution in [3.63, 3.8) is 0 Å². The van der Waals surface area contributed by atoms with E-state index in [-0.39, 0.29) is 6.04 Å². The van der Waals surface area contributed by atoms with Gasteiger partial charge in [0, 0.05) is 30.9 Å². The Balaban J connectivity index is 2.68. The molecule has 0 fully saturated rings. The molecule has 0 aliphatic heterocycles. The first-order valence-electron chi connectivity index (χ1n) is 5.42. The Hall–Kier alpha value is -0.830. The van der Waals surface area contributed by atoms with Gasteiger partial charge < -0.3 is 10.3 Å². The number of aromatic nitrogens is 2. The molecule has 0 aliphatic rings. The van der Waals surface area contributed by atoms with E-state index in [1.54, 1.807) is 0 Å². The van der Waals surface area contributed by atoms with E-state index < -0.39 is 0 Å². The van der Waals surface area contributed by atoms with Crippen molar-refractivity contribution in [2.24, 2.45) is 5.73 Å². The highest BCUT2D eigenvalue weighted by Crippen LogP contribution is 2.15. The maximum Gasteiger partial charge on any atom is 0.108 e. The normalized spacial score (nSPS) is 15.4. The zero-order chi connectivity index (χ0) is 10.6. The Morgan fingerprint density at radius 3 is 2.79 bits per heavy atom. The molecule has 0 bridgehead atoms. The summed E-state index contributed by atoms with van der Waals surface area (Å²) in [5, 5.41) is 0. The fraction of sp³-hybridized carbons (Fsp3) is 0.727. The van der Waals surface area contributed by atoms with E-state index >= 15 is 0 Å². The summed E-state index contributed by atoms with van der Waals surface area (Å²) in [6.07, 6.45) is 7.13. The van der Waals surface area contributed by atoms with Crippen LogP contribution in [0, 0.1) is 0 Å². The Kier molecular flexibility index (Phi) is 4.14. The molecule has 0 aliphatic carbocycles. The van der Waals surface area contributed by atoms with Crippen molar-refractivity contribution in [3.05, 3.63) is 18.2 Å². The first-order chi connectivity index (χ1) is 6.65. The zero-order valence-corrected chi connectivity index (χ0v) is 9.40. The summed E-state index contributed by atoms with van der Waals surface area (Å²) in [5.74, 6) is 1.18. The van der Waals surface area contributed by atoms with Gasteiger partial charge in [0.1, 0.15) is 5.82 Å². The van der Waals surface area contributed by atoms with Crippen LogP contribution < -0.4 is 5.73 Å². The maximum absolute atomic E-state index is 5.79. The molecule has 0 aromatic carbocycles. The van der Waals surface area contributed by atoms with Gasteiger partial charge in [-0.15, -0.1) is 0 Å². The molecule has 0 amide bonds. The van der Waals surface area contributed by atoms with Gasteiger partial charge in [0.15, 0.2) is 0 Å². The number of imidazole rings is 1. The van der Waals surface area contributed by atoms with E-state index in [9.17, 15) is 0 Å². The van der Waals surface area contributed by atoms with Crippen LogP contribution in [0.25, 0.3) is 0 Å². The molecule has 2 N–H and O–H groups in total. The number of rotatable bonds is 5. The van der Waals surface area contributed by atoms with E-state index in [4.69, 9.17) is 5.73 Å². The van der Waals surface area contributed by atoms with Gasteiger partial charge in [0.25, 0.3) is 0 Å². The molecule has 1 aromatic heterocycles. The third-order valence-electron chi connectivity index (χ3n) is 2.41. The van der Waals surface area contributed by atoms with Crippen molar-refractivity contribution in [2.75, 3.05) is 0 Å². The van der Waals surface area contributed by atoms with Crippen molar-refractivity contribution in [2.45, 2.75) is 52.1 Å². The predicted octanol–water partition coefficient (Wildman–Crippen LogP) is 2.13. The third-order valence-corrected chi connectivity index (χ3v) is 2.41. The lowest BCUT2D eigenvalue weighted by Gasteiger charge is -2.18. The van der Waals surface area contributed by atoms with Crippen LogP contribution in [0.5, 0.6) is 0 Å². The minimum atomic E-state index is 0.252. The lowest BCUT2D eigenvalue weighted by atomic mass is 10.1. The Morgan fingerprint density at radius 2 is 2.21 bits per heavy atom. The molecule has 2 atom stereocenters. The second kappa shape index (κ2) is 5.15. The third kappa shape index (κ3) is 2.84. The van der Waals surface area contributed by atoms with Gasteiger partial charge in [-0.2, -0.15) is 0 Å². The second-order valence-corrected chi connectivity index (χ2v) is 4.06. The van der Waals surface area contributed by atoms with Gasteiger partial charge in [0.2, 0.25) is 0 Å². The summed E-state index contributed by atoms with van der Waals surface area (Å²) in [7, 11) is 0. The molecule has 14 heavy (non-hydrogen) atoms. The Bertz CT molecular complexity index is 265. The molecule has 3 heteroatoms. The van der Waals surface area contributed by atoms with Crippen LogP contribution in [0.15, 0.2) is 12.4 Å². The average Bonchev–Trinajstić information content (AvgIpc) is 2.51. The number of hydrogen-bond donors (Lipinski definition) is 1. The molecule has 0 radical (unpaired) electrons. The van der Waals surface area contributed by atoms with Crippen LogP contribution in [-0.2, 0) is 6.42 Å². The number of nitrogens with two attached hydrogens (primary N) is 1. The van der Waals surface area contributed by atoms with E-state index in [0.717, 1.165) is 19.3 Å². The van der Waals surface area contributed by atoms with Gasteiger partial charge in [-0.05, 0) is 26.7 Å². The van der Waals surface area contributed by atoms with Crippen LogP contribution in [0.2, 0.25) is 0 Å². The molecule has 0 saturated heterocycles. The summed E-state index contributed by atoms with van der Waals surface area (Å²) in [4.78, 5) is 4.36. The lowest BCUT2D eigenvalue weighted by Crippen LogP contribution is -2.21. The first kappa shape index (κ1) is 11.2. The summed E-state index contributed by atoms with van der Waals surface area (Å²) < 4.78 is 2.24. The zero-order valence-electron chi connectivity index (χ0n) is 9.40. The predicted molar refractivity (Wildman–Crippen MR) is 59.2 cm³/mol. The average molecular weight is 195 g/mol. The Labute approximate surface area is 86.3 Å². The summed E-state index contributed by atoms with van der Waals surface area (Å²) >= 11 is 0. The molecule has 1 heterocycles. The molecule has 3 nitrogen and oxygen atoms in total. The largest absolute Gasteiger partial charge is 0.332 e. The van der Waals surface area contributed by atoms with E-state index in [0.29, 0.717) is 6.04 Å². The van der Waals surface area contributed by atoms with Gasteiger partial charge >= 0.3 is 0 Å². The van der Waals surface area contributed by atoms with Crippen LogP contribution in [0.4, 0.5) is 0 Å². The second-order valence-electron chi connectivity index (χ2n) is 4.06. The lowest BCUT2D eigenvalue weighted by molar-refractivity contribution is 0.450. The summed E-state index contributed by atoms with van der Waals surface area (Å²) in [5.41, 5.74) is 5.79. The highest BCUT2D eigenvalue weighted by molar-refractivity contribution is 4.95. The number of aryl methyl sites for hydroxylation is 1. The standard InChI is InChI=1S/C11H21N3/c1-4-5-11-13-6-7-14(11)10(3)8-9(2)12/h6-7,9-10H,4-5,8,12H2,1-3H3. The summed E-state index contributed by atoms with van der Waals surface area (Å²) in [6, 6.07) is 0.709. The number of hydrogen-bond acceptors (Lipinski definition) is 2. The quantitative estimate of drug-likeness (QED) is 0.782. The minimum absolute atomic E-state index is 0.252. The highest BCUT2D eigenvalue weighted by atomic mass is 15.1. The first-order valence-corrected chi connectivity index (χ1v) is 5.42. The van der Waals surface area contributed by atoms with Crippen molar-refractivity contribution >= 4 is 0 Å². The SMILES string of the molecule is CCCc1nccn1C(C)CC(C)N. The van der Waals surface area contributed by atoms with Crippen LogP contribution in [-0.4, -0.2) is 15.6 Å². The Morgan fingerprint density at radius 1 is 1.50 bits per heavy atom. The maximum atomic E-state index is 5.79. The van der Waals surface area contributed by atoms with Crippen LogP contribution >= 0.6 is 0 Å². The molecule has 0 spiro atoms. The van der Waals surface area contributed by atoms with Gasteiger partial charge in [-0.1, -0.05) is 6.92 Å². The van der Waals surface area contributed by atoms with Gasteiger partial charge in [-0.3, -0.25) is 0 Å². The smallest absolute Gasteiger partial charge is 0.108 e. The van der Waals surface area contributed by atoms with Gasteiger partial charge in [0.05, 0.1) is 0 Å². The topological polar surface area (TPSA) is 43.8 Å².